The van der Waals surface area contributed by atoms with E-state index in [9.17, 15) is 9.59 Å². The molecule has 0 aromatic heterocycles. The molecule has 20 heavy (non-hydrogen) atoms. The molecule has 0 saturated carbocycles. The Labute approximate surface area is 120 Å². The molecule has 4 heteroatoms. The van der Waals surface area contributed by atoms with Crippen LogP contribution in [-0.4, -0.2) is 17.0 Å². The predicted octanol–water partition coefficient (Wildman–Crippen LogP) is 3.70. The van der Waals surface area contributed by atoms with Crippen molar-refractivity contribution in [2.75, 3.05) is 5.32 Å². The zero-order valence-electron chi connectivity index (χ0n) is 12.6. The second kappa shape index (κ2) is 7.08. The van der Waals surface area contributed by atoms with Crippen molar-refractivity contribution in [3.8, 4) is 0 Å². The van der Waals surface area contributed by atoms with E-state index in [2.05, 4.69) is 26.1 Å². The van der Waals surface area contributed by atoms with E-state index in [0.29, 0.717) is 23.9 Å². The second-order valence-electron chi connectivity index (χ2n) is 5.50. The van der Waals surface area contributed by atoms with Crippen LogP contribution >= 0.6 is 0 Å². The number of aryl methyl sites for hydroxylation is 1. The van der Waals surface area contributed by atoms with Crippen molar-refractivity contribution in [3.63, 3.8) is 0 Å². The molecular weight excluding hydrogens is 254 g/mol. The van der Waals surface area contributed by atoms with Crippen LogP contribution in [0.1, 0.15) is 49.5 Å². The molecule has 1 aromatic carbocycles. The van der Waals surface area contributed by atoms with Crippen molar-refractivity contribution >= 4 is 17.6 Å². The van der Waals surface area contributed by atoms with Crippen LogP contribution in [0.4, 0.5) is 5.69 Å². The summed E-state index contributed by atoms with van der Waals surface area (Å²) in [6.07, 6.45) is 1.42. The van der Waals surface area contributed by atoms with Gasteiger partial charge >= 0.3 is 5.97 Å². The van der Waals surface area contributed by atoms with E-state index in [1.807, 2.05) is 6.92 Å². The van der Waals surface area contributed by atoms with Gasteiger partial charge in [0.25, 0.3) is 0 Å². The van der Waals surface area contributed by atoms with Crippen molar-refractivity contribution in [3.05, 3.63) is 29.3 Å². The molecule has 0 bridgehead atoms. The van der Waals surface area contributed by atoms with Gasteiger partial charge in [0.05, 0.1) is 5.56 Å². The Balaban J connectivity index is 2.80. The van der Waals surface area contributed by atoms with Crippen LogP contribution in [0.25, 0.3) is 0 Å². The van der Waals surface area contributed by atoms with Crippen LogP contribution in [0.15, 0.2) is 18.2 Å². The Morgan fingerprint density at radius 1 is 1.30 bits per heavy atom. The molecule has 0 fully saturated rings. The number of benzene rings is 1. The van der Waals surface area contributed by atoms with Crippen LogP contribution in [0.3, 0.4) is 0 Å². The fraction of sp³-hybridized carbons (Fsp3) is 0.500. The third kappa shape index (κ3) is 4.37. The molecule has 0 spiro atoms. The highest BCUT2D eigenvalue weighted by atomic mass is 16.4. The average molecular weight is 277 g/mol. The quantitative estimate of drug-likeness (QED) is 0.833. The van der Waals surface area contributed by atoms with Gasteiger partial charge in [-0.1, -0.05) is 33.3 Å². The molecule has 1 aromatic rings. The number of carbonyl (C=O) groups excluding carboxylic acids is 1. The lowest BCUT2D eigenvalue weighted by Gasteiger charge is -2.18. The zero-order chi connectivity index (χ0) is 15.3. The molecule has 4 nitrogen and oxygen atoms in total. The van der Waals surface area contributed by atoms with E-state index in [1.165, 1.54) is 12.1 Å². The highest BCUT2D eigenvalue weighted by Crippen LogP contribution is 2.21. The van der Waals surface area contributed by atoms with Crippen LogP contribution in [-0.2, 0) is 4.79 Å². The Kier molecular flexibility index (Phi) is 5.74. The fourth-order valence-corrected chi connectivity index (χ4v) is 2.18. The fourth-order valence-electron chi connectivity index (χ4n) is 2.18. The minimum absolute atomic E-state index is 0.0591. The number of amides is 1. The van der Waals surface area contributed by atoms with E-state index in [-0.39, 0.29) is 11.5 Å². The smallest absolute Gasteiger partial charge is 0.335 e. The number of nitrogens with one attached hydrogen (secondary N) is 1. The van der Waals surface area contributed by atoms with E-state index in [4.69, 9.17) is 5.11 Å². The van der Waals surface area contributed by atoms with E-state index in [1.54, 1.807) is 6.07 Å². The minimum Gasteiger partial charge on any atom is -0.478 e. The van der Waals surface area contributed by atoms with Crippen LogP contribution < -0.4 is 5.32 Å². The predicted molar refractivity (Wildman–Crippen MR) is 80.0 cm³/mol. The van der Waals surface area contributed by atoms with E-state index < -0.39 is 5.97 Å². The molecule has 110 valence electrons. The molecule has 0 aliphatic heterocycles. The third-order valence-corrected chi connectivity index (χ3v) is 3.67. The van der Waals surface area contributed by atoms with Gasteiger partial charge in [0, 0.05) is 12.1 Å². The molecule has 0 radical (unpaired) electrons. The summed E-state index contributed by atoms with van der Waals surface area (Å²) in [5.41, 5.74) is 1.62. The molecule has 1 atom stereocenters. The maximum absolute atomic E-state index is 12.1. The number of anilines is 1. The first-order valence-electron chi connectivity index (χ1n) is 6.99. The lowest BCUT2D eigenvalue weighted by molar-refractivity contribution is -0.117. The van der Waals surface area contributed by atoms with Crippen molar-refractivity contribution in [2.24, 2.45) is 11.8 Å². The summed E-state index contributed by atoms with van der Waals surface area (Å²) in [5, 5.41) is 11.8. The van der Waals surface area contributed by atoms with Crippen molar-refractivity contribution in [1.82, 2.24) is 0 Å². The number of rotatable bonds is 6. The summed E-state index contributed by atoms with van der Waals surface area (Å²) in [7, 11) is 0. The molecule has 1 amide bonds. The SMILES string of the molecule is CCC(CC(=O)Nc1cc(C(=O)O)ccc1C)C(C)C. The first-order valence-corrected chi connectivity index (χ1v) is 6.99. The van der Waals surface area contributed by atoms with Gasteiger partial charge in [-0.2, -0.15) is 0 Å². The zero-order valence-corrected chi connectivity index (χ0v) is 12.6. The first kappa shape index (κ1) is 16.2. The topological polar surface area (TPSA) is 66.4 Å². The summed E-state index contributed by atoms with van der Waals surface area (Å²) in [4.78, 5) is 23.0. The van der Waals surface area contributed by atoms with Gasteiger partial charge in [0.15, 0.2) is 0 Å². The van der Waals surface area contributed by atoms with Gasteiger partial charge in [0.2, 0.25) is 5.91 Å². The van der Waals surface area contributed by atoms with Gasteiger partial charge in [-0.05, 0) is 36.5 Å². The largest absolute Gasteiger partial charge is 0.478 e. The second-order valence-corrected chi connectivity index (χ2v) is 5.50. The lowest BCUT2D eigenvalue weighted by Crippen LogP contribution is -2.20. The Morgan fingerprint density at radius 2 is 1.95 bits per heavy atom. The maximum atomic E-state index is 12.1. The van der Waals surface area contributed by atoms with Crippen molar-refractivity contribution in [2.45, 2.75) is 40.5 Å². The van der Waals surface area contributed by atoms with Gasteiger partial charge in [-0.15, -0.1) is 0 Å². The number of hydrogen-bond acceptors (Lipinski definition) is 2. The Hall–Kier alpha value is -1.84. The number of hydrogen-bond donors (Lipinski definition) is 2. The molecule has 0 aliphatic carbocycles. The summed E-state index contributed by atoms with van der Waals surface area (Å²) < 4.78 is 0. The molecule has 0 heterocycles. The van der Waals surface area contributed by atoms with Gasteiger partial charge in [0.1, 0.15) is 0 Å². The average Bonchev–Trinajstić information content (AvgIpc) is 2.37. The first-order chi connectivity index (χ1) is 9.35. The molecule has 1 unspecified atom stereocenters. The monoisotopic (exact) mass is 277 g/mol. The molecule has 2 N–H and O–H groups in total. The summed E-state index contributed by atoms with van der Waals surface area (Å²) >= 11 is 0. The summed E-state index contributed by atoms with van der Waals surface area (Å²) in [6, 6.07) is 4.75. The van der Waals surface area contributed by atoms with Crippen LogP contribution in [0.2, 0.25) is 0 Å². The Morgan fingerprint density at radius 3 is 2.45 bits per heavy atom. The standard InChI is InChI=1S/C16H23NO3/c1-5-12(10(2)3)9-15(18)17-14-8-13(16(19)20)7-6-11(14)4/h6-8,10,12H,5,9H2,1-4H3,(H,17,18)(H,19,20). The minimum atomic E-state index is -0.992. The van der Waals surface area contributed by atoms with E-state index in [0.717, 1.165) is 12.0 Å². The van der Waals surface area contributed by atoms with Gasteiger partial charge in [-0.3, -0.25) is 4.79 Å². The Bertz CT molecular complexity index is 494. The number of carboxylic acid groups (broad SMARTS) is 1. The molecule has 0 aliphatic rings. The van der Waals surface area contributed by atoms with Crippen LogP contribution in [0, 0.1) is 18.8 Å². The summed E-state index contributed by atoms with van der Waals surface area (Å²) in [5.74, 6) is -0.250. The molecular formula is C16H23NO3. The van der Waals surface area contributed by atoms with Crippen molar-refractivity contribution in [1.29, 1.82) is 0 Å². The molecule has 1 rings (SSSR count). The van der Waals surface area contributed by atoms with Gasteiger partial charge in [-0.25, -0.2) is 4.79 Å². The van der Waals surface area contributed by atoms with Crippen molar-refractivity contribution < 1.29 is 14.7 Å². The highest BCUT2D eigenvalue weighted by Gasteiger charge is 2.16. The van der Waals surface area contributed by atoms with Crippen LogP contribution in [0.5, 0.6) is 0 Å². The maximum Gasteiger partial charge on any atom is 0.335 e. The summed E-state index contributed by atoms with van der Waals surface area (Å²) in [6.45, 7) is 8.14. The lowest BCUT2D eigenvalue weighted by atomic mass is 9.90. The van der Waals surface area contributed by atoms with E-state index >= 15 is 0 Å². The normalized spacial score (nSPS) is 12.2. The van der Waals surface area contributed by atoms with Gasteiger partial charge < -0.3 is 10.4 Å². The highest BCUT2D eigenvalue weighted by molar-refractivity contribution is 5.94. The third-order valence-electron chi connectivity index (χ3n) is 3.67. The number of carboxylic acids is 1. The number of carbonyl (C=O) groups is 2. The molecule has 0 saturated heterocycles. The number of aromatic carboxylic acids is 1.